The molecule has 0 saturated carbocycles. The van der Waals surface area contributed by atoms with Gasteiger partial charge in [0.1, 0.15) is 17.6 Å². The zero-order valence-corrected chi connectivity index (χ0v) is 13.7. The van der Waals surface area contributed by atoms with Crippen molar-refractivity contribution in [2.45, 2.75) is 13.5 Å². The quantitative estimate of drug-likeness (QED) is 0.773. The van der Waals surface area contributed by atoms with E-state index >= 15 is 0 Å². The van der Waals surface area contributed by atoms with Gasteiger partial charge < -0.3 is 15.2 Å². The number of nitrogens with zero attached hydrogens (tertiary/aromatic N) is 3. The monoisotopic (exact) mass is 361 g/mol. The van der Waals surface area contributed by atoms with Crippen LogP contribution in [0.2, 0.25) is 0 Å². The van der Waals surface area contributed by atoms with E-state index in [1.807, 2.05) is 17.7 Å². The summed E-state index contributed by atoms with van der Waals surface area (Å²) in [6.45, 7) is 3.64. The van der Waals surface area contributed by atoms with Gasteiger partial charge in [0.15, 0.2) is 0 Å². The van der Waals surface area contributed by atoms with E-state index in [0.717, 1.165) is 11.0 Å². The second-order valence-electron chi connectivity index (χ2n) is 4.52. The topological polar surface area (TPSA) is 82.7 Å². The van der Waals surface area contributed by atoms with E-state index < -0.39 is 0 Å². The van der Waals surface area contributed by atoms with Crippen LogP contribution in [0.1, 0.15) is 23.0 Å². The summed E-state index contributed by atoms with van der Waals surface area (Å²) >= 11 is 3.37. The van der Waals surface area contributed by atoms with Crippen LogP contribution in [0.4, 0.5) is 5.82 Å². The van der Waals surface area contributed by atoms with Crippen molar-refractivity contribution in [3.8, 4) is 6.07 Å². The van der Waals surface area contributed by atoms with E-state index in [1.54, 1.807) is 24.4 Å². The van der Waals surface area contributed by atoms with Gasteiger partial charge in [-0.05, 0) is 41.1 Å². The molecule has 22 heavy (non-hydrogen) atoms. The third-order valence-corrected chi connectivity index (χ3v) is 3.50. The molecule has 6 nitrogen and oxygen atoms in total. The van der Waals surface area contributed by atoms with Crippen LogP contribution >= 0.6 is 15.9 Å². The Morgan fingerprint density at radius 2 is 2.32 bits per heavy atom. The Morgan fingerprint density at radius 3 is 3.05 bits per heavy atom. The highest BCUT2D eigenvalue weighted by atomic mass is 79.9. The fourth-order valence-electron chi connectivity index (χ4n) is 2.01. The zero-order chi connectivity index (χ0) is 15.9. The lowest BCUT2D eigenvalue weighted by atomic mass is 10.3. The Bertz CT molecular complexity index is 704. The number of hydrogen-bond donors (Lipinski definition) is 2. The number of pyridine rings is 1. The fraction of sp³-hybridized carbons (Fsp3) is 0.267. The lowest BCUT2D eigenvalue weighted by molar-refractivity contribution is 0.0946. The van der Waals surface area contributed by atoms with Crippen LogP contribution in [0.15, 0.2) is 35.1 Å². The molecule has 0 spiro atoms. The highest BCUT2D eigenvalue weighted by Gasteiger charge is 2.11. The van der Waals surface area contributed by atoms with Gasteiger partial charge in [0.05, 0.1) is 5.56 Å². The number of rotatable bonds is 6. The predicted molar refractivity (Wildman–Crippen MR) is 87.6 cm³/mol. The number of halogens is 1. The van der Waals surface area contributed by atoms with Crippen molar-refractivity contribution < 1.29 is 4.79 Å². The minimum absolute atomic E-state index is 0.129. The Balaban J connectivity index is 1.86. The SMILES string of the molecule is CCn1cc(Br)cc1C(=O)NCCNc1ncccc1C#N. The van der Waals surface area contributed by atoms with Crippen LogP contribution in [0.3, 0.4) is 0 Å². The van der Waals surface area contributed by atoms with E-state index in [4.69, 9.17) is 5.26 Å². The molecule has 2 rings (SSSR count). The van der Waals surface area contributed by atoms with Crippen molar-refractivity contribution in [3.63, 3.8) is 0 Å². The molecule has 2 aromatic heterocycles. The highest BCUT2D eigenvalue weighted by Crippen LogP contribution is 2.14. The number of aryl methyl sites for hydroxylation is 1. The van der Waals surface area contributed by atoms with E-state index in [0.29, 0.717) is 30.2 Å². The number of nitrogens with one attached hydrogen (secondary N) is 2. The molecule has 0 aliphatic carbocycles. The first-order chi connectivity index (χ1) is 10.7. The molecule has 0 aromatic carbocycles. The van der Waals surface area contributed by atoms with Gasteiger partial charge in [0.25, 0.3) is 5.91 Å². The molecule has 1 amide bonds. The molecule has 7 heteroatoms. The van der Waals surface area contributed by atoms with Crippen LogP contribution in [-0.2, 0) is 6.54 Å². The highest BCUT2D eigenvalue weighted by molar-refractivity contribution is 9.10. The van der Waals surface area contributed by atoms with Crippen molar-refractivity contribution in [2.75, 3.05) is 18.4 Å². The van der Waals surface area contributed by atoms with Gasteiger partial charge in [-0.2, -0.15) is 5.26 Å². The summed E-state index contributed by atoms with van der Waals surface area (Å²) in [5.74, 6) is 0.398. The maximum absolute atomic E-state index is 12.1. The van der Waals surface area contributed by atoms with E-state index in [1.165, 1.54) is 0 Å². The first-order valence-electron chi connectivity index (χ1n) is 6.88. The Hall–Kier alpha value is -2.33. The summed E-state index contributed by atoms with van der Waals surface area (Å²) in [5.41, 5.74) is 1.10. The van der Waals surface area contributed by atoms with Gasteiger partial charge in [-0.25, -0.2) is 4.98 Å². The number of anilines is 1. The van der Waals surface area contributed by atoms with E-state index in [-0.39, 0.29) is 5.91 Å². The first-order valence-corrected chi connectivity index (χ1v) is 7.68. The van der Waals surface area contributed by atoms with E-state index in [9.17, 15) is 4.79 Å². The Morgan fingerprint density at radius 1 is 1.50 bits per heavy atom. The van der Waals surface area contributed by atoms with Gasteiger partial charge in [-0.3, -0.25) is 4.79 Å². The molecule has 2 heterocycles. The van der Waals surface area contributed by atoms with Crippen molar-refractivity contribution >= 4 is 27.7 Å². The largest absolute Gasteiger partial charge is 0.367 e. The minimum Gasteiger partial charge on any atom is -0.367 e. The first kappa shape index (κ1) is 16.0. The van der Waals surface area contributed by atoms with Crippen LogP contribution in [-0.4, -0.2) is 28.5 Å². The minimum atomic E-state index is -0.129. The van der Waals surface area contributed by atoms with Crippen LogP contribution < -0.4 is 10.6 Å². The number of aromatic nitrogens is 2. The van der Waals surface area contributed by atoms with Crippen molar-refractivity contribution in [2.24, 2.45) is 0 Å². The summed E-state index contributed by atoms with van der Waals surface area (Å²) < 4.78 is 2.75. The Labute approximate surface area is 137 Å². The third kappa shape index (κ3) is 3.86. The fourth-order valence-corrected chi connectivity index (χ4v) is 2.47. The molecular weight excluding hydrogens is 346 g/mol. The maximum Gasteiger partial charge on any atom is 0.268 e. The number of carbonyl (C=O) groups is 1. The van der Waals surface area contributed by atoms with Crippen molar-refractivity contribution in [1.82, 2.24) is 14.9 Å². The van der Waals surface area contributed by atoms with Gasteiger partial charge >= 0.3 is 0 Å². The molecule has 0 unspecified atom stereocenters. The van der Waals surface area contributed by atoms with Crippen molar-refractivity contribution in [3.05, 3.63) is 46.3 Å². The normalized spacial score (nSPS) is 10.0. The average Bonchev–Trinajstić information content (AvgIpc) is 2.92. The maximum atomic E-state index is 12.1. The predicted octanol–water partition coefficient (Wildman–Crippen LogP) is 2.38. The molecule has 2 N–H and O–H groups in total. The summed E-state index contributed by atoms with van der Waals surface area (Å²) in [6.07, 6.45) is 3.49. The van der Waals surface area contributed by atoms with Gasteiger partial charge in [0, 0.05) is 36.5 Å². The van der Waals surface area contributed by atoms with Gasteiger partial charge in [-0.15, -0.1) is 0 Å². The molecule has 0 saturated heterocycles. The summed E-state index contributed by atoms with van der Waals surface area (Å²) in [7, 11) is 0. The summed E-state index contributed by atoms with van der Waals surface area (Å²) in [5, 5.41) is 14.8. The van der Waals surface area contributed by atoms with Gasteiger partial charge in [0.2, 0.25) is 0 Å². The van der Waals surface area contributed by atoms with Crippen LogP contribution in [0, 0.1) is 11.3 Å². The number of amides is 1. The lowest BCUT2D eigenvalue weighted by Gasteiger charge is -2.09. The average molecular weight is 362 g/mol. The van der Waals surface area contributed by atoms with Crippen LogP contribution in [0.5, 0.6) is 0 Å². The van der Waals surface area contributed by atoms with Crippen LogP contribution in [0.25, 0.3) is 0 Å². The molecule has 0 aliphatic rings. The van der Waals surface area contributed by atoms with E-state index in [2.05, 4.69) is 37.6 Å². The molecule has 0 atom stereocenters. The standard InChI is InChI=1S/C15H16BrN5O/c1-2-21-10-12(16)8-13(21)15(22)20-7-6-19-14-11(9-17)4-3-5-18-14/h3-5,8,10H,2,6-7H2,1H3,(H,18,19)(H,20,22). The zero-order valence-electron chi connectivity index (χ0n) is 12.1. The molecular formula is C15H16BrN5O. The van der Waals surface area contributed by atoms with Gasteiger partial charge in [-0.1, -0.05) is 0 Å². The number of hydrogen-bond acceptors (Lipinski definition) is 4. The summed E-state index contributed by atoms with van der Waals surface area (Å²) in [6, 6.07) is 7.26. The molecule has 2 aromatic rings. The van der Waals surface area contributed by atoms with Crippen molar-refractivity contribution in [1.29, 1.82) is 5.26 Å². The Kier molecular flexibility index (Phi) is 5.55. The number of carbonyl (C=O) groups excluding carboxylic acids is 1. The molecule has 0 fully saturated rings. The smallest absolute Gasteiger partial charge is 0.268 e. The molecule has 0 aliphatic heterocycles. The molecule has 0 bridgehead atoms. The lowest BCUT2D eigenvalue weighted by Crippen LogP contribution is -2.30. The molecule has 114 valence electrons. The molecule has 0 radical (unpaired) electrons. The number of nitriles is 1. The second-order valence-corrected chi connectivity index (χ2v) is 5.44. The third-order valence-electron chi connectivity index (χ3n) is 3.07. The second kappa shape index (κ2) is 7.61. The summed E-state index contributed by atoms with van der Waals surface area (Å²) in [4.78, 5) is 16.2.